The lowest BCUT2D eigenvalue weighted by Gasteiger charge is -2.11. The van der Waals surface area contributed by atoms with Crippen molar-refractivity contribution in [2.24, 2.45) is 0 Å². The number of rotatable bonds is 6. The van der Waals surface area contributed by atoms with E-state index in [-0.39, 0.29) is 22.8 Å². The number of benzene rings is 1. The van der Waals surface area contributed by atoms with E-state index < -0.39 is 22.0 Å². The van der Waals surface area contributed by atoms with Gasteiger partial charge in [-0.15, -0.1) is 0 Å². The molecule has 25 heavy (non-hydrogen) atoms. The molecule has 1 aromatic heterocycles. The van der Waals surface area contributed by atoms with Crippen LogP contribution in [0.5, 0.6) is 0 Å². The molecule has 1 aromatic carbocycles. The number of nitrogens with zero attached hydrogens (tertiary/aromatic N) is 1. The molecule has 1 heterocycles. The van der Waals surface area contributed by atoms with Crippen molar-refractivity contribution in [1.82, 2.24) is 4.31 Å². The molecule has 8 nitrogen and oxygen atoms in total. The molecule has 0 unspecified atom stereocenters. The number of ether oxygens (including phenoxy) is 2. The predicted octanol–water partition coefficient (Wildman–Crippen LogP) is 1.67. The second-order valence-corrected chi connectivity index (χ2v) is 7.31. The summed E-state index contributed by atoms with van der Waals surface area (Å²) in [5, 5.41) is 0. The first-order chi connectivity index (χ1) is 11.8. The topological polar surface area (TPSA) is 103 Å². The number of hydrogen-bond donors (Lipinski definition) is 0. The molecule has 0 aliphatic rings. The molecular weight excluding hydrogens is 350 g/mol. The lowest BCUT2D eigenvalue weighted by Crippen LogP contribution is -2.22. The molecule has 0 amide bonds. The van der Waals surface area contributed by atoms with Crippen molar-refractivity contribution in [3.63, 3.8) is 0 Å². The summed E-state index contributed by atoms with van der Waals surface area (Å²) in [6.07, 6.45) is 1.29. The van der Waals surface area contributed by atoms with Gasteiger partial charge in [0.25, 0.3) is 0 Å². The first-order valence-corrected chi connectivity index (χ1v) is 8.55. The van der Waals surface area contributed by atoms with Crippen molar-refractivity contribution in [3.05, 3.63) is 53.5 Å². The summed E-state index contributed by atoms with van der Waals surface area (Å²) in [4.78, 5) is 23.6. The largest absolute Gasteiger partial charge is 0.463 e. The summed E-state index contributed by atoms with van der Waals surface area (Å²) in [7, 11) is 0.480. The summed E-state index contributed by atoms with van der Waals surface area (Å²) in [5.74, 6) is -1.37. The van der Waals surface area contributed by atoms with E-state index in [0.29, 0.717) is 5.56 Å². The second kappa shape index (κ2) is 7.49. The standard InChI is InChI=1S/C16H17NO7S/c1-17(2)25(20,21)13-6-4-11(5-7-13)15(18)24-10-12-8-9-23-14(12)16(19)22-3/h4-9H,10H2,1-3H3. The third-order valence-electron chi connectivity index (χ3n) is 3.34. The van der Waals surface area contributed by atoms with E-state index >= 15 is 0 Å². The van der Waals surface area contributed by atoms with Crippen LogP contribution in [0.3, 0.4) is 0 Å². The number of sulfonamides is 1. The zero-order chi connectivity index (χ0) is 18.6. The van der Waals surface area contributed by atoms with Gasteiger partial charge in [0.05, 0.1) is 23.8 Å². The molecule has 0 saturated carbocycles. The Kier molecular flexibility index (Phi) is 5.60. The van der Waals surface area contributed by atoms with Crippen LogP contribution in [0.2, 0.25) is 0 Å². The molecule has 0 aliphatic heterocycles. The lowest BCUT2D eigenvalue weighted by molar-refractivity contribution is 0.0453. The van der Waals surface area contributed by atoms with Crippen LogP contribution in [0.1, 0.15) is 26.5 Å². The Balaban J connectivity index is 2.07. The van der Waals surface area contributed by atoms with Gasteiger partial charge in [-0.05, 0) is 30.3 Å². The third-order valence-corrected chi connectivity index (χ3v) is 5.17. The fraction of sp³-hybridized carbons (Fsp3) is 0.250. The maximum Gasteiger partial charge on any atom is 0.374 e. The molecule has 0 N–H and O–H groups in total. The number of methoxy groups -OCH3 is 1. The van der Waals surface area contributed by atoms with E-state index in [1.165, 1.54) is 57.8 Å². The van der Waals surface area contributed by atoms with E-state index in [0.717, 1.165) is 4.31 Å². The maximum absolute atomic E-state index is 12.1. The Bertz CT molecular complexity index is 866. The average molecular weight is 367 g/mol. The first kappa shape index (κ1) is 18.7. The van der Waals surface area contributed by atoms with Gasteiger partial charge in [0.1, 0.15) is 6.61 Å². The quantitative estimate of drug-likeness (QED) is 0.716. The summed E-state index contributed by atoms with van der Waals surface area (Å²) in [6, 6.07) is 6.85. The van der Waals surface area contributed by atoms with Crippen molar-refractivity contribution in [2.45, 2.75) is 11.5 Å². The van der Waals surface area contributed by atoms with E-state index in [2.05, 4.69) is 4.74 Å². The highest BCUT2D eigenvalue weighted by atomic mass is 32.2. The van der Waals surface area contributed by atoms with Crippen LogP contribution in [-0.4, -0.2) is 45.9 Å². The summed E-state index contributed by atoms with van der Waals surface area (Å²) < 4.78 is 39.7. The van der Waals surface area contributed by atoms with Crippen LogP contribution < -0.4 is 0 Å². The zero-order valence-corrected chi connectivity index (χ0v) is 14.7. The predicted molar refractivity (Wildman–Crippen MR) is 86.5 cm³/mol. The first-order valence-electron chi connectivity index (χ1n) is 7.11. The van der Waals surface area contributed by atoms with Gasteiger partial charge < -0.3 is 13.9 Å². The van der Waals surface area contributed by atoms with Crippen molar-refractivity contribution in [1.29, 1.82) is 0 Å². The number of carbonyl (C=O) groups is 2. The fourth-order valence-corrected chi connectivity index (χ4v) is 2.82. The minimum absolute atomic E-state index is 0.0391. The minimum Gasteiger partial charge on any atom is -0.463 e. The van der Waals surface area contributed by atoms with Crippen LogP contribution in [0.4, 0.5) is 0 Å². The summed E-state index contributed by atoms with van der Waals surface area (Å²) >= 11 is 0. The molecule has 0 spiro atoms. The van der Waals surface area contributed by atoms with Crippen molar-refractivity contribution in [3.8, 4) is 0 Å². The smallest absolute Gasteiger partial charge is 0.374 e. The van der Waals surface area contributed by atoms with Gasteiger partial charge in [0.2, 0.25) is 15.8 Å². The number of carbonyl (C=O) groups excluding carboxylic acids is 2. The molecule has 9 heteroatoms. The Morgan fingerprint density at radius 3 is 2.28 bits per heavy atom. The van der Waals surface area contributed by atoms with Crippen LogP contribution in [-0.2, 0) is 26.1 Å². The Hall–Kier alpha value is -2.65. The molecule has 0 atom stereocenters. The van der Waals surface area contributed by atoms with Gasteiger partial charge in [-0.3, -0.25) is 0 Å². The highest BCUT2D eigenvalue weighted by Gasteiger charge is 2.19. The maximum atomic E-state index is 12.1. The monoisotopic (exact) mass is 367 g/mol. The zero-order valence-electron chi connectivity index (χ0n) is 13.9. The number of furan rings is 1. The lowest BCUT2D eigenvalue weighted by atomic mass is 10.2. The van der Waals surface area contributed by atoms with Crippen LogP contribution in [0.15, 0.2) is 45.9 Å². The van der Waals surface area contributed by atoms with Crippen LogP contribution in [0, 0.1) is 0 Å². The number of hydrogen-bond acceptors (Lipinski definition) is 7. The van der Waals surface area contributed by atoms with Crippen molar-refractivity contribution >= 4 is 22.0 Å². The van der Waals surface area contributed by atoms with E-state index in [9.17, 15) is 18.0 Å². The minimum atomic E-state index is -3.57. The molecule has 0 saturated heterocycles. The third kappa shape index (κ3) is 4.06. The molecule has 2 aromatic rings. The summed E-state index contributed by atoms with van der Waals surface area (Å²) in [6.45, 7) is -0.183. The summed E-state index contributed by atoms with van der Waals surface area (Å²) in [5.41, 5.74) is 0.549. The Morgan fingerprint density at radius 1 is 1.08 bits per heavy atom. The van der Waals surface area contributed by atoms with Gasteiger partial charge in [-0.1, -0.05) is 0 Å². The molecule has 0 aliphatic carbocycles. The molecule has 0 fully saturated rings. The SMILES string of the molecule is COC(=O)c1occc1COC(=O)c1ccc(S(=O)(=O)N(C)C)cc1. The molecule has 0 radical (unpaired) electrons. The van der Waals surface area contributed by atoms with E-state index in [4.69, 9.17) is 9.15 Å². The fourth-order valence-electron chi connectivity index (χ4n) is 1.92. The highest BCUT2D eigenvalue weighted by Crippen LogP contribution is 2.17. The second-order valence-electron chi connectivity index (χ2n) is 5.15. The van der Waals surface area contributed by atoms with Gasteiger partial charge >= 0.3 is 11.9 Å². The van der Waals surface area contributed by atoms with Gasteiger partial charge in [0, 0.05) is 19.7 Å². The Labute approximate surface area is 145 Å². The van der Waals surface area contributed by atoms with Gasteiger partial charge in [-0.2, -0.15) is 0 Å². The van der Waals surface area contributed by atoms with Crippen molar-refractivity contribution < 1.29 is 31.9 Å². The highest BCUT2D eigenvalue weighted by molar-refractivity contribution is 7.89. The van der Waals surface area contributed by atoms with E-state index in [1.807, 2.05) is 0 Å². The molecular formula is C16H17NO7S. The Morgan fingerprint density at radius 2 is 1.72 bits per heavy atom. The van der Waals surface area contributed by atoms with Crippen molar-refractivity contribution in [2.75, 3.05) is 21.2 Å². The van der Waals surface area contributed by atoms with Crippen LogP contribution >= 0.6 is 0 Å². The van der Waals surface area contributed by atoms with Gasteiger partial charge in [-0.25, -0.2) is 22.3 Å². The average Bonchev–Trinajstić information content (AvgIpc) is 3.07. The normalized spacial score (nSPS) is 11.4. The molecule has 2 rings (SSSR count). The van der Waals surface area contributed by atoms with Gasteiger partial charge in [0.15, 0.2) is 0 Å². The van der Waals surface area contributed by atoms with E-state index in [1.54, 1.807) is 0 Å². The van der Waals surface area contributed by atoms with Crippen LogP contribution in [0.25, 0.3) is 0 Å². The molecule has 0 bridgehead atoms. The number of esters is 2. The molecule has 134 valence electrons.